The Kier molecular flexibility index (Phi) is 2.67. The topological polar surface area (TPSA) is 28.7 Å². The Hall–Kier alpha value is -1.68. The second-order valence-electron chi connectivity index (χ2n) is 4.21. The molecule has 0 saturated heterocycles. The first kappa shape index (κ1) is 11.4. The Morgan fingerprint density at radius 1 is 1.17 bits per heavy atom. The molecule has 0 spiro atoms. The van der Waals surface area contributed by atoms with Crippen LogP contribution in [0.1, 0.15) is 5.56 Å². The van der Waals surface area contributed by atoms with Gasteiger partial charge in [-0.2, -0.15) is 0 Å². The van der Waals surface area contributed by atoms with E-state index < -0.39 is 0 Å². The summed E-state index contributed by atoms with van der Waals surface area (Å²) in [4.78, 5) is 7.73. The Morgan fingerprint density at radius 3 is 2.78 bits per heavy atom. The number of aromatic nitrogens is 2. The van der Waals surface area contributed by atoms with E-state index in [1.54, 1.807) is 19.1 Å². The maximum atomic E-state index is 13.2. The number of nitrogens with zero attached hydrogens (tertiary/aromatic N) is 1. The predicted molar refractivity (Wildman–Crippen MR) is 73.9 cm³/mol. The number of rotatable bonds is 1. The number of benzene rings is 2. The lowest BCUT2D eigenvalue weighted by atomic mass is 10.1. The van der Waals surface area contributed by atoms with Crippen molar-refractivity contribution in [3.8, 4) is 11.4 Å². The SMILES string of the molecule is Cc1cc(-c2nc3ccc(Br)cc3[nH]2)ccc1F. The van der Waals surface area contributed by atoms with E-state index in [1.165, 1.54) is 6.07 Å². The monoisotopic (exact) mass is 304 g/mol. The van der Waals surface area contributed by atoms with Crippen molar-refractivity contribution in [3.63, 3.8) is 0 Å². The average molecular weight is 305 g/mol. The number of nitrogens with one attached hydrogen (secondary N) is 1. The predicted octanol–water partition coefficient (Wildman–Crippen LogP) is 4.44. The minimum atomic E-state index is -0.197. The molecule has 0 aliphatic heterocycles. The number of hydrogen-bond donors (Lipinski definition) is 1. The fourth-order valence-corrected chi connectivity index (χ4v) is 2.27. The standard InChI is InChI=1S/C14H10BrFN2/c1-8-6-9(2-4-11(8)16)14-17-12-5-3-10(15)7-13(12)18-14/h2-7H,1H3,(H,17,18). The van der Waals surface area contributed by atoms with Gasteiger partial charge in [0.2, 0.25) is 0 Å². The lowest BCUT2D eigenvalue weighted by molar-refractivity contribution is 0.618. The molecule has 2 aromatic carbocycles. The van der Waals surface area contributed by atoms with Crippen LogP contribution in [0.25, 0.3) is 22.4 Å². The third-order valence-corrected chi connectivity index (χ3v) is 3.37. The molecule has 0 saturated carbocycles. The minimum Gasteiger partial charge on any atom is -0.338 e. The molecule has 0 radical (unpaired) electrons. The van der Waals surface area contributed by atoms with Gasteiger partial charge in [-0.05, 0) is 48.9 Å². The molecule has 0 aliphatic rings. The molecule has 1 heterocycles. The van der Waals surface area contributed by atoms with Gasteiger partial charge < -0.3 is 4.98 Å². The summed E-state index contributed by atoms with van der Waals surface area (Å²) in [5.41, 5.74) is 3.37. The molecule has 0 amide bonds. The molecule has 0 fully saturated rings. The van der Waals surface area contributed by atoms with E-state index in [0.717, 1.165) is 26.9 Å². The van der Waals surface area contributed by atoms with Crippen LogP contribution in [0, 0.1) is 12.7 Å². The van der Waals surface area contributed by atoms with Crippen LogP contribution in [-0.4, -0.2) is 9.97 Å². The van der Waals surface area contributed by atoms with Gasteiger partial charge in [-0.25, -0.2) is 9.37 Å². The van der Waals surface area contributed by atoms with E-state index in [4.69, 9.17) is 0 Å². The van der Waals surface area contributed by atoms with Gasteiger partial charge in [0.05, 0.1) is 11.0 Å². The van der Waals surface area contributed by atoms with Gasteiger partial charge in [-0.15, -0.1) is 0 Å². The van der Waals surface area contributed by atoms with Crippen LogP contribution in [0.15, 0.2) is 40.9 Å². The zero-order valence-corrected chi connectivity index (χ0v) is 11.3. The fourth-order valence-electron chi connectivity index (χ4n) is 1.91. The Balaban J connectivity index is 2.16. The third kappa shape index (κ3) is 1.93. The van der Waals surface area contributed by atoms with Crippen molar-refractivity contribution >= 4 is 27.0 Å². The van der Waals surface area contributed by atoms with E-state index in [-0.39, 0.29) is 5.82 Å². The van der Waals surface area contributed by atoms with Gasteiger partial charge in [-0.3, -0.25) is 0 Å². The van der Waals surface area contributed by atoms with E-state index in [9.17, 15) is 4.39 Å². The number of aryl methyl sites for hydroxylation is 1. The summed E-state index contributed by atoms with van der Waals surface area (Å²) >= 11 is 3.42. The van der Waals surface area contributed by atoms with Gasteiger partial charge >= 0.3 is 0 Å². The summed E-state index contributed by atoms with van der Waals surface area (Å²) in [6.45, 7) is 1.75. The molecule has 3 rings (SSSR count). The van der Waals surface area contributed by atoms with Crippen molar-refractivity contribution in [3.05, 3.63) is 52.3 Å². The van der Waals surface area contributed by atoms with Gasteiger partial charge in [-0.1, -0.05) is 15.9 Å². The van der Waals surface area contributed by atoms with Crippen molar-refractivity contribution in [1.82, 2.24) is 9.97 Å². The molecule has 0 aliphatic carbocycles. The molecule has 1 N–H and O–H groups in total. The molecule has 3 aromatic rings. The first-order chi connectivity index (χ1) is 8.63. The van der Waals surface area contributed by atoms with Crippen LogP contribution < -0.4 is 0 Å². The maximum Gasteiger partial charge on any atom is 0.138 e. The van der Waals surface area contributed by atoms with Crippen molar-refractivity contribution in [1.29, 1.82) is 0 Å². The number of aromatic amines is 1. The fraction of sp³-hybridized carbons (Fsp3) is 0.0714. The molecular weight excluding hydrogens is 295 g/mol. The molecule has 0 atom stereocenters. The van der Waals surface area contributed by atoms with Crippen LogP contribution in [0.5, 0.6) is 0 Å². The summed E-state index contributed by atoms with van der Waals surface area (Å²) < 4.78 is 14.2. The number of hydrogen-bond acceptors (Lipinski definition) is 1. The van der Waals surface area contributed by atoms with Gasteiger partial charge in [0.1, 0.15) is 11.6 Å². The summed E-state index contributed by atoms with van der Waals surface area (Å²) in [5, 5.41) is 0. The zero-order valence-electron chi connectivity index (χ0n) is 9.67. The van der Waals surface area contributed by atoms with E-state index in [2.05, 4.69) is 25.9 Å². The molecular formula is C14H10BrFN2. The van der Waals surface area contributed by atoms with Crippen LogP contribution in [0.4, 0.5) is 4.39 Å². The van der Waals surface area contributed by atoms with Crippen molar-refractivity contribution in [2.45, 2.75) is 6.92 Å². The van der Waals surface area contributed by atoms with Crippen LogP contribution >= 0.6 is 15.9 Å². The first-order valence-corrected chi connectivity index (χ1v) is 6.34. The van der Waals surface area contributed by atoms with Gasteiger partial charge in [0.15, 0.2) is 0 Å². The zero-order chi connectivity index (χ0) is 12.7. The highest BCUT2D eigenvalue weighted by Gasteiger charge is 2.07. The lowest BCUT2D eigenvalue weighted by Crippen LogP contribution is -1.85. The van der Waals surface area contributed by atoms with E-state index >= 15 is 0 Å². The normalized spacial score (nSPS) is 11.1. The number of fused-ring (bicyclic) bond motifs is 1. The van der Waals surface area contributed by atoms with Crippen molar-refractivity contribution < 1.29 is 4.39 Å². The van der Waals surface area contributed by atoms with Gasteiger partial charge in [0.25, 0.3) is 0 Å². The van der Waals surface area contributed by atoms with E-state index in [1.807, 2.05) is 18.2 Å². The summed E-state index contributed by atoms with van der Waals surface area (Å²) in [6.07, 6.45) is 0. The number of imidazole rings is 1. The third-order valence-electron chi connectivity index (χ3n) is 2.88. The molecule has 4 heteroatoms. The molecule has 90 valence electrons. The average Bonchev–Trinajstić information content (AvgIpc) is 2.75. The van der Waals surface area contributed by atoms with Crippen molar-refractivity contribution in [2.24, 2.45) is 0 Å². The van der Waals surface area contributed by atoms with Gasteiger partial charge in [0, 0.05) is 10.0 Å². The van der Waals surface area contributed by atoms with E-state index in [0.29, 0.717) is 5.56 Å². The second kappa shape index (κ2) is 4.21. The largest absolute Gasteiger partial charge is 0.338 e. The van der Waals surface area contributed by atoms with Crippen LogP contribution in [-0.2, 0) is 0 Å². The quantitative estimate of drug-likeness (QED) is 0.707. The smallest absolute Gasteiger partial charge is 0.138 e. The highest BCUT2D eigenvalue weighted by Crippen LogP contribution is 2.24. The van der Waals surface area contributed by atoms with Crippen LogP contribution in [0.2, 0.25) is 0 Å². The minimum absolute atomic E-state index is 0.197. The Morgan fingerprint density at radius 2 is 2.00 bits per heavy atom. The summed E-state index contributed by atoms with van der Waals surface area (Å²) in [7, 11) is 0. The number of halogens is 2. The number of H-pyrrole nitrogens is 1. The Bertz CT molecular complexity index is 734. The highest BCUT2D eigenvalue weighted by atomic mass is 79.9. The molecule has 1 aromatic heterocycles. The second-order valence-corrected chi connectivity index (χ2v) is 5.13. The molecule has 2 nitrogen and oxygen atoms in total. The summed E-state index contributed by atoms with van der Waals surface area (Å²) in [6, 6.07) is 10.9. The highest BCUT2D eigenvalue weighted by molar-refractivity contribution is 9.10. The molecule has 0 unspecified atom stereocenters. The van der Waals surface area contributed by atoms with Crippen molar-refractivity contribution in [2.75, 3.05) is 0 Å². The summed E-state index contributed by atoms with van der Waals surface area (Å²) in [5.74, 6) is 0.559. The first-order valence-electron chi connectivity index (χ1n) is 5.55. The maximum absolute atomic E-state index is 13.2. The van der Waals surface area contributed by atoms with Crippen LogP contribution in [0.3, 0.4) is 0 Å². The lowest BCUT2D eigenvalue weighted by Gasteiger charge is -1.99. The molecule has 0 bridgehead atoms. The molecule has 18 heavy (non-hydrogen) atoms. The Labute approximate surface area is 112 Å².